The van der Waals surface area contributed by atoms with Crippen LogP contribution < -0.4 is 10.5 Å². The number of rotatable bonds is 5. The molecule has 0 bridgehead atoms. The van der Waals surface area contributed by atoms with Crippen LogP contribution >= 0.6 is 0 Å². The number of aromatic amines is 1. The van der Waals surface area contributed by atoms with Gasteiger partial charge in [-0.3, -0.25) is 24.6 Å². The summed E-state index contributed by atoms with van der Waals surface area (Å²) in [6, 6.07) is 13.0. The Kier molecular flexibility index (Phi) is 5.05. The minimum atomic E-state index is -0.663. The van der Waals surface area contributed by atoms with Crippen molar-refractivity contribution in [2.45, 2.75) is 6.54 Å². The van der Waals surface area contributed by atoms with Gasteiger partial charge in [0, 0.05) is 38.8 Å². The average Bonchev–Trinajstić information content (AvgIpc) is 2.73. The molecule has 0 atom stereocenters. The molecule has 148 valence electrons. The van der Waals surface area contributed by atoms with Crippen molar-refractivity contribution in [2.24, 2.45) is 0 Å². The monoisotopic (exact) mass is 393 g/mol. The Bertz CT molecular complexity index is 1120. The van der Waals surface area contributed by atoms with E-state index in [0.29, 0.717) is 30.6 Å². The van der Waals surface area contributed by atoms with Gasteiger partial charge in [0.05, 0.1) is 16.0 Å². The summed E-state index contributed by atoms with van der Waals surface area (Å²) < 4.78 is 0. The second-order valence-electron chi connectivity index (χ2n) is 6.93. The third-order valence-electron chi connectivity index (χ3n) is 5.08. The number of H-pyrrole nitrogens is 1. The van der Waals surface area contributed by atoms with E-state index in [1.54, 1.807) is 6.07 Å². The fraction of sp³-hybridized carbons (Fsp3) is 0.250. The maximum absolute atomic E-state index is 11.8. The summed E-state index contributed by atoms with van der Waals surface area (Å²) in [5.41, 5.74) is 1.25. The lowest BCUT2D eigenvalue weighted by atomic mass is 10.1. The number of carbonyl (C=O) groups is 1. The molecule has 9 heteroatoms. The number of anilines is 1. The second kappa shape index (κ2) is 7.80. The normalized spacial score (nSPS) is 14.8. The fourth-order valence-electron chi connectivity index (χ4n) is 3.59. The van der Waals surface area contributed by atoms with Crippen LogP contribution in [0.5, 0.6) is 0 Å². The first-order valence-corrected chi connectivity index (χ1v) is 9.24. The van der Waals surface area contributed by atoms with Crippen LogP contribution in [0.1, 0.15) is 16.1 Å². The zero-order valence-corrected chi connectivity index (χ0v) is 15.6. The van der Waals surface area contributed by atoms with Crippen LogP contribution in [0.2, 0.25) is 0 Å². The molecule has 0 radical (unpaired) electrons. The molecular formula is C20H19N5O4. The van der Waals surface area contributed by atoms with Gasteiger partial charge in [-0.15, -0.1) is 0 Å². The molecular weight excluding hydrogens is 374 g/mol. The smallest absolute Gasteiger partial charge is 0.294 e. The van der Waals surface area contributed by atoms with Crippen LogP contribution in [0.3, 0.4) is 0 Å². The van der Waals surface area contributed by atoms with Gasteiger partial charge in [-0.25, -0.2) is 4.98 Å². The van der Waals surface area contributed by atoms with Crippen LogP contribution in [0, 0.1) is 10.1 Å². The molecule has 29 heavy (non-hydrogen) atoms. The van der Waals surface area contributed by atoms with Crippen LogP contribution in [0.25, 0.3) is 11.0 Å². The molecule has 4 rings (SSSR count). The molecule has 0 amide bonds. The van der Waals surface area contributed by atoms with Crippen molar-refractivity contribution in [1.82, 2.24) is 14.9 Å². The average molecular weight is 393 g/mol. The SMILES string of the molecule is O=Cc1nc2cc(N3CCN(Cc4ccccc4)CC3)c([N+](=O)[O-])cc2[nH]c1=O. The van der Waals surface area contributed by atoms with E-state index in [1.165, 1.54) is 11.6 Å². The van der Waals surface area contributed by atoms with Crippen molar-refractivity contribution >= 4 is 28.7 Å². The number of benzene rings is 2. The molecule has 2 heterocycles. The van der Waals surface area contributed by atoms with Gasteiger partial charge in [-0.05, 0) is 11.6 Å². The van der Waals surface area contributed by atoms with Gasteiger partial charge in [0.15, 0.2) is 12.0 Å². The van der Waals surface area contributed by atoms with E-state index < -0.39 is 10.5 Å². The number of carbonyl (C=O) groups excluding carboxylic acids is 1. The number of nitro benzene ring substituents is 1. The van der Waals surface area contributed by atoms with E-state index in [0.717, 1.165) is 19.6 Å². The number of aromatic nitrogens is 2. The van der Waals surface area contributed by atoms with Gasteiger partial charge < -0.3 is 9.88 Å². The van der Waals surface area contributed by atoms with Crippen molar-refractivity contribution in [3.63, 3.8) is 0 Å². The highest BCUT2D eigenvalue weighted by Gasteiger charge is 2.25. The summed E-state index contributed by atoms with van der Waals surface area (Å²) in [5.74, 6) is 0. The minimum absolute atomic E-state index is 0.0923. The summed E-state index contributed by atoms with van der Waals surface area (Å²) in [6.45, 7) is 3.62. The van der Waals surface area contributed by atoms with Gasteiger partial charge in [0.1, 0.15) is 5.69 Å². The lowest BCUT2D eigenvalue weighted by Gasteiger charge is -2.35. The molecule has 1 N–H and O–H groups in total. The van der Waals surface area contributed by atoms with E-state index >= 15 is 0 Å². The highest BCUT2D eigenvalue weighted by molar-refractivity contribution is 5.87. The van der Waals surface area contributed by atoms with Crippen molar-refractivity contribution < 1.29 is 9.72 Å². The largest absolute Gasteiger partial charge is 0.363 e. The van der Waals surface area contributed by atoms with Crippen LogP contribution in [0.4, 0.5) is 11.4 Å². The zero-order valence-electron chi connectivity index (χ0n) is 15.6. The molecule has 1 aliphatic heterocycles. The van der Waals surface area contributed by atoms with Gasteiger partial charge in [0.25, 0.3) is 11.2 Å². The van der Waals surface area contributed by atoms with Crippen molar-refractivity contribution in [2.75, 3.05) is 31.1 Å². The quantitative estimate of drug-likeness (QED) is 0.401. The third kappa shape index (κ3) is 3.85. The Balaban J connectivity index is 1.60. The Morgan fingerprint density at radius 2 is 1.86 bits per heavy atom. The van der Waals surface area contributed by atoms with E-state index in [2.05, 4.69) is 27.0 Å². The molecule has 1 fully saturated rings. The van der Waals surface area contributed by atoms with Crippen molar-refractivity contribution in [3.05, 3.63) is 74.2 Å². The molecule has 1 aliphatic rings. The molecule has 1 aromatic heterocycles. The highest BCUT2D eigenvalue weighted by Crippen LogP contribution is 2.32. The summed E-state index contributed by atoms with van der Waals surface area (Å²) in [4.78, 5) is 44.7. The van der Waals surface area contributed by atoms with Gasteiger partial charge in [-0.1, -0.05) is 30.3 Å². The first kappa shape index (κ1) is 18.8. The number of hydrogen-bond donors (Lipinski definition) is 1. The first-order valence-electron chi connectivity index (χ1n) is 9.24. The number of nitro groups is 1. The second-order valence-corrected chi connectivity index (χ2v) is 6.93. The number of piperazine rings is 1. The topological polar surface area (TPSA) is 112 Å². The van der Waals surface area contributed by atoms with E-state index in [4.69, 9.17) is 0 Å². The standard InChI is InChI=1S/C20H19N5O4/c26-13-17-20(27)22-16-11-19(25(28)29)18(10-15(16)21-17)24-8-6-23(7-9-24)12-14-4-2-1-3-5-14/h1-5,10-11,13H,6-9,12H2,(H,22,27). The summed E-state index contributed by atoms with van der Waals surface area (Å²) in [5, 5.41) is 11.6. The van der Waals surface area contributed by atoms with Crippen LogP contribution in [-0.2, 0) is 6.54 Å². The van der Waals surface area contributed by atoms with Crippen LogP contribution in [-0.4, -0.2) is 52.3 Å². The van der Waals surface area contributed by atoms with Crippen molar-refractivity contribution in [1.29, 1.82) is 0 Å². The van der Waals surface area contributed by atoms with Gasteiger partial charge in [0.2, 0.25) is 0 Å². The number of nitrogens with zero attached hydrogens (tertiary/aromatic N) is 4. The molecule has 2 aromatic carbocycles. The predicted octanol–water partition coefficient (Wildman–Crippen LogP) is 1.97. The summed E-state index contributed by atoms with van der Waals surface area (Å²) in [7, 11) is 0. The molecule has 0 aliphatic carbocycles. The Hall–Kier alpha value is -3.59. The lowest BCUT2D eigenvalue weighted by Crippen LogP contribution is -2.46. The molecule has 0 spiro atoms. The number of aldehydes is 1. The van der Waals surface area contributed by atoms with E-state index in [1.807, 2.05) is 23.1 Å². The lowest BCUT2D eigenvalue weighted by molar-refractivity contribution is -0.384. The van der Waals surface area contributed by atoms with Gasteiger partial charge in [-0.2, -0.15) is 0 Å². The number of nitrogens with one attached hydrogen (secondary N) is 1. The molecule has 3 aromatic rings. The van der Waals surface area contributed by atoms with E-state index in [-0.39, 0.29) is 16.9 Å². The minimum Gasteiger partial charge on any atom is -0.363 e. The maximum atomic E-state index is 11.8. The Labute approximate surface area is 165 Å². The molecule has 0 saturated carbocycles. The molecule has 9 nitrogen and oxygen atoms in total. The summed E-state index contributed by atoms with van der Waals surface area (Å²) in [6.07, 6.45) is 0.377. The highest BCUT2D eigenvalue weighted by atomic mass is 16.6. The number of hydrogen-bond acceptors (Lipinski definition) is 7. The third-order valence-corrected chi connectivity index (χ3v) is 5.08. The van der Waals surface area contributed by atoms with Crippen LogP contribution in [0.15, 0.2) is 47.3 Å². The number of fused-ring (bicyclic) bond motifs is 1. The zero-order chi connectivity index (χ0) is 20.4. The predicted molar refractivity (Wildman–Crippen MR) is 108 cm³/mol. The maximum Gasteiger partial charge on any atom is 0.294 e. The summed E-state index contributed by atoms with van der Waals surface area (Å²) >= 11 is 0. The molecule has 1 saturated heterocycles. The Morgan fingerprint density at radius 3 is 2.52 bits per heavy atom. The fourth-order valence-corrected chi connectivity index (χ4v) is 3.59. The molecule has 0 unspecified atom stereocenters. The van der Waals surface area contributed by atoms with Gasteiger partial charge >= 0.3 is 0 Å². The Morgan fingerprint density at radius 1 is 1.14 bits per heavy atom. The van der Waals surface area contributed by atoms with E-state index in [9.17, 15) is 19.7 Å². The van der Waals surface area contributed by atoms with Crippen molar-refractivity contribution in [3.8, 4) is 0 Å². The first-order chi connectivity index (χ1) is 14.0.